The van der Waals surface area contributed by atoms with E-state index in [4.69, 9.17) is 0 Å². The summed E-state index contributed by atoms with van der Waals surface area (Å²) in [5.41, 5.74) is 2.11. The summed E-state index contributed by atoms with van der Waals surface area (Å²) < 4.78 is 3.67. The molecule has 1 aromatic carbocycles. The van der Waals surface area contributed by atoms with Gasteiger partial charge in [0.25, 0.3) is 5.56 Å². The van der Waals surface area contributed by atoms with Gasteiger partial charge in [-0.2, -0.15) is 0 Å². The normalized spacial score (nSPS) is 17.0. The average Bonchev–Trinajstić information content (AvgIpc) is 3.27. The fraction of sp³-hybridized carbons (Fsp3) is 0.350. The highest BCUT2D eigenvalue weighted by atomic mass is 32.1. The summed E-state index contributed by atoms with van der Waals surface area (Å²) in [7, 11) is 0. The second-order valence-electron chi connectivity index (χ2n) is 7.06. The molecule has 0 radical (unpaired) electrons. The second kappa shape index (κ2) is 6.06. The van der Waals surface area contributed by atoms with Gasteiger partial charge in [-0.25, -0.2) is 4.57 Å². The van der Waals surface area contributed by atoms with Gasteiger partial charge in [-0.15, -0.1) is 21.5 Å². The fourth-order valence-corrected chi connectivity index (χ4v) is 5.64. The third-order valence-corrected chi connectivity index (χ3v) is 6.68. The maximum Gasteiger partial charge on any atom is 0.268 e. The summed E-state index contributed by atoms with van der Waals surface area (Å²) in [6.07, 6.45) is 7.49. The third kappa shape index (κ3) is 2.25. The highest BCUT2D eigenvalue weighted by Crippen LogP contribution is 2.38. The van der Waals surface area contributed by atoms with Crippen molar-refractivity contribution in [3.63, 3.8) is 0 Å². The number of thiophene rings is 1. The molecule has 0 amide bonds. The second-order valence-corrected chi connectivity index (χ2v) is 8.14. The van der Waals surface area contributed by atoms with Crippen LogP contribution in [0.15, 0.2) is 41.5 Å². The van der Waals surface area contributed by atoms with Crippen molar-refractivity contribution in [2.24, 2.45) is 5.92 Å². The van der Waals surface area contributed by atoms with Crippen LogP contribution in [0.3, 0.4) is 0 Å². The van der Waals surface area contributed by atoms with Gasteiger partial charge < -0.3 is 0 Å². The maximum absolute atomic E-state index is 13.5. The van der Waals surface area contributed by atoms with Crippen LogP contribution in [-0.4, -0.2) is 19.2 Å². The standard InChI is InChI=1S/C20H20N4OS/c1-2-6-13-9-10-15-16(11-13)26-19-17(15)18(25)24(14-7-4-3-5-8-14)20-22-21-12-23(19)20/h3-5,7-8,12-13H,2,6,9-11H2,1H3. The van der Waals surface area contributed by atoms with Gasteiger partial charge in [0, 0.05) is 4.88 Å². The quantitative estimate of drug-likeness (QED) is 0.552. The van der Waals surface area contributed by atoms with Crippen molar-refractivity contribution in [2.45, 2.75) is 39.0 Å². The Hall–Kier alpha value is -2.47. The van der Waals surface area contributed by atoms with Crippen LogP contribution in [0.4, 0.5) is 0 Å². The summed E-state index contributed by atoms with van der Waals surface area (Å²) in [6, 6.07) is 9.72. The lowest BCUT2D eigenvalue weighted by atomic mass is 9.85. The van der Waals surface area contributed by atoms with Crippen LogP contribution in [0, 0.1) is 5.92 Å². The number of rotatable bonds is 3. The van der Waals surface area contributed by atoms with Crippen LogP contribution >= 0.6 is 11.3 Å². The molecule has 132 valence electrons. The number of aryl methyl sites for hydroxylation is 1. The van der Waals surface area contributed by atoms with Crippen molar-refractivity contribution in [1.29, 1.82) is 0 Å². The van der Waals surface area contributed by atoms with Crippen LogP contribution in [0.5, 0.6) is 0 Å². The summed E-state index contributed by atoms with van der Waals surface area (Å²) in [5.74, 6) is 1.32. The molecule has 0 fully saturated rings. The van der Waals surface area contributed by atoms with E-state index < -0.39 is 0 Å². The lowest BCUT2D eigenvalue weighted by Crippen LogP contribution is -2.22. The molecule has 26 heavy (non-hydrogen) atoms. The van der Waals surface area contributed by atoms with Gasteiger partial charge in [0.05, 0.1) is 11.1 Å². The lowest BCUT2D eigenvalue weighted by Gasteiger charge is -2.21. The molecular formula is C20H20N4OS. The SMILES string of the molecule is CCCC1CCc2c(sc3c2c(=O)n(-c2ccccc2)c2nncn32)C1. The molecule has 5 rings (SSSR count). The zero-order valence-corrected chi connectivity index (χ0v) is 15.5. The predicted octanol–water partition coefficient (Wildman–Crippen LogP) is 4.00. The van der Waals surface area contributed by atoms with Crippen LogP contribution in [-0.2, 0) is 12.8 Å². The van der Waals surface area contributed by atoms with Crippen molar-refractivity contribution in [3.05, 3.63) is 57.5 Å². The number of fused-ring (bicyclic) bond motifs is 5. The monoisotopic (exact) mass is 364 g/mol. The minimum absolute atomic E-state index is 0.0261. The molecule has 0 saturated carbocycles. The van der Waals surface area contributed by atoms with Gasteiger partial charge >= 0.3 is 0 Å². The number of hydrogen-bond acceptors (Lipinski definition) is 4. The van der Waals surface area contributed by atoms with Crippen molar-refractivity contribution in [2.75, 3.05) is 0 Å². The Morgan fingerprint density at radius 1 is 1.27 bits per heavy atom. The minimum atomic E-state index is 0.0261. The van der Waals surface area contributed by atoms with Crippen LogP contribution in [0.2, 0.25) is 0 Å². The van der Waals surface area contributed by atoms with Crippen molar-refractivity contribution in [3.8, 4) is 5.69 Å². The highest BCUT2D eigenvalue weighted by Gasteiger charge is 2.26. The molecule has 0 aliphatic heterocycles. The molecule has 6 heteroatoms. The lowest BCUT2D eigenvalue weighted by molar-refractivity contribution is 0.428. The zero-order chi connectivity index (χ0) is 17.7. The van der Waals surface area contributed by atoms with Crippen molar-refractivity contribution >= 4 is 27.3 Å². The molecule has 3 heterocycles. The zero-order valence-electron chi connectivity index (χ0n) is 14.7. The Bertz CT molecular complexity index is 1160. The van der Waals surface area contributed by atoms with Gasteiger partial charge in [-0.05, 0) is 42.9 Å². The van der Waals surface area contributed by atoms with E-state index in [-0.39, 0.29) is 5.56 Å². The number of nitrogens with zero attached hydrogens (tertiary/aromatic N) is 4. The summed E-state index contributed by atoms with van der Waals surface area (Å²) in [5, 5.41) is 9.19. The van der Waals surface area contributed by atoms with Crippen LogP contribution in [0.1, 0.15) is 36.6 Å². The first-order chi connectivity index (χ1) is 12.8. The average molecular weight is 364 g/mol. The van der Waals surface area contributed by atoms with Gasteiger partial charge in [0.1, 0.15) is 11.2 Å². The molecule has 3 aromatic heterocycles. The van der Waals surface area contributed by atoms with Crippen LogP contribution in [0.25, 0.3) is 21.7 Å². The molecule has 1 atom stereocenters. The van der Waals surface area contributed by atoms with Crippen molar-refractivity contribution < 1.29 is 0 Å². The molecule has 4 aromatic rings. The molecule has 1 unspecified atom stereocenters. The van der Waals surface area contributed by atoms with E-state index in [1.807, 2.05) is 34.7 Å². The summed E-state index contributed by atoms with van der Waals surface area (Å²) in [4.78, 5) is 15.8. The number of hydrogen-bond donors (Lipinski definition) is 0. The van der Waals surface area contributed by atoms with E-state index in [0.717, 1.165) is 34.7 Å². The number of aromatic nitrogens is 4. The van der Waals surface area contributed by atoms with Crippen LogP contribution < -0.4 is 5.56 Å². The molecule has 0 bridgehead atoms. The smallest absolute Gasteiger partial charge is 0.268 e. The van der Waals surface area contributed by atoms with E-state index in [1.54, 1.807) is 22.2 Å². The molecule has 1 aliphatic carbocycles. The summed E-state index contributed by atoms with van der Waals surface area (Å²) >= 11 is 1.75. The number of para-hydroxylation sites is 1. The molecule has 0 spiro atoms. The van der Waals surface area contributed by atoms with Crippen molar-refractivity contribution in [1.82, 2.24) is 19.2 Å². The van der Waals surface area contributed by atoms with Gasteiger partial charge in [0.2, 0.25) is 5.78 Å². The minimum Gasteiger partial charge on any atom is -0.268 e. The Labute approximate surface area is 154 Å². The molecule has 0 N–H and O–H groups in total. The van der Waals surface area contributed by atoms with E-state index in [1.165, 1.54) is 29.7 Å². The fourth-order valence-electron chi connectivity index (χ4n) is 4.22. The topological polar surface area (TPSA) is 52.2 Å². The van der Waals surface area contributed by atoms with Gasteiger partial charge in [-0.1, -0.05) is 38.0 Å². The van der Waals surface area contributed by atoms with Gasteiger partial charge in [-0.3, -0.25) is 9.20 Å². The molecule has 1 aliphatic rings. The predicted molar refractivity (Wildman–Crippen MR) is 104 cm³/mol. The summed E-state index contributed by atoms with van der Waals surface area (Å²) in [6.45, 7) is 2.25. The Morgan fingerprint density at radius 3 is 2.92 bits per heavy atom. The third-order valence-electron chi connectivity index (χ3n) is 5.43. The molecule has 5 nitrogen and oxygen atoms in total. The van der Waals surface area contributed by atoms with E-state index >= 15 is 0 Å². The Morgan fingerprint density at radius 2 is 2.12 bits per heavy atom. The first-order valence-electron chi connectivity index (χ1n) is 9.22. The largest absolute Gasteiger partial charge is 0.268 e. The Balaban J connectivity index is 1.82. The van der Waals surface area contributed by atoms with E-state index in [0.29, 0.717) is 5.78 Å². The van der Waals surface area contributed by atoms with E-state index in [9.17, 15) is 4.79 Å². The first kappa shape index (κ1) is 15.8. The Kier molecular flexibility index (Phi) is 3.67. The molecule has 0 saturated heterocycles. The maximum atomic E-state index is 13.5. The highest BCUT2D eigenvalue weighted by molar-refractivity contribution is 7.18. The van der Waals surface area contributed by atoms with E-state index in [2.05, 4.69) is 17.1 Å². The van der Waals surface area contributed by atoms with Gasteiger partial charge in [0.15, 0.2) is 0 Å². The molecular weight excluding hydrogens is 344 g/mol. The number of benzene rings is 1. The first-order valence-corrected chi connectivity index (χ1v) is 10.0.